The molecule has 0 radical (unpaired) electrons. The molecular formula is C12H14N2S2. The van der Waals surface area contributed by atoms with Gasteiger partial charge in [0.05, 0.1) is 6.54 Å². The minimum atomic E-state index is 0.805. The fourth-order valence-electron chi connectivity index (χ4n) is 1.41. The number of thioether (sulfide) groups is 1. The molecular weight excluding hydrogens is 236 g/mol. The van der Waals surface area contributed by atoms with Gasteiger partial charge in [0.2, 0.25) is 0 Å². The number of nitrogens with zero attached hydrogens (tertiary/aromatic N) is 1. The first-order valence-corrected chi connectivity index (χ1v) is 7.10. The van der Waals surface area contributed by atoms with Crippen LogP contribution in [0.2, 0.25) is 0 Å². The predicted molar refractivity (Wildman–Crippen MR) is 72.3 cm³/mol. The number of rotatable bonds is 5. The summed E-state index contributed by atoms with van der Waals surface area (Å²) in [7, 11) is 0. The van der Waals surface area contributed by atoms with Gasteiger partial charge in [0.15, 0.2) is 0 Å². The lowest BCUT2D eigenvalue weighted by Gasteiger charge is -2.09. The Hall–Kier alpha value is -1.00. The second-order valence-electron chi connectivity index (χ2n) is 3.21. The van der Waals surface area contributed by atoms with Crippen molar-refractivity contribution in [3.05, 3.63) is 40.8 Å². The summed E-state index contributed by atoms with van der Waals surface area (Å²) in [6.07, 6.45) is 1.84. The molecule has 0 aliphatic carbocycles. The number of hydrogen-bond acceptors (Lipinski definition) is 4. The van der Waals surface area contributed by atoms with E-state index in [4.69, 9.17) is 0 Å². The molecule has 0 spiro atoms. The smallest absolute Gasteiger partial charge is 0.112 e. The molecule has 2 aromatic rings. The van der Waals surface area contributed by atoms with E-state index in [2.05, 4.69) is 41.5 Å². The van der Waals surface area contributed by atoms with E-state index < -0.39 is 0 Å². The van der Waals surface area contributed by atoms with Crippen LogP contribution in [0.4, 0.5) is 5.69 Å². The van der Waals surface area contributed by atoms with E-state index >= 15 is 0 Å². The molecule has 1 heterocycles. The van der Waals surface area contributed by atoms with E-state index in [9.17, 15) is 0 Å². The molecule has 0 unspecified atom stereocenters. The van der Waals surface area contributed by atoms with Gasteiger partial charge in [0.1, 0.15) is 5.01 Å². The molecule has 2 rings (SSSR count). The van der Waals surface area contributed by atoms with Crippen molar-refractivity contribution in [1.82, 2.24) is 4.98 Å². The van der Waals surface area contributed by atoms with Crippen molar-refractivity contribution in [2.24, 2.45) is 0 Å². The Bertz CT molecular complexity index is 426. The van der Waals surface area contributed by atoms with Crippen LogP contribution in [0, 0.1) is 0 Å². The summed E-state index contributed by atoms with van der Waals surface area (Å²) in [4.78, 5) is 5.56. The molecule has 2 nitrogen and oxygen atoms in total. The minimum Gasteiger partial charge on any atom is -0.378 e. The number of thiazole rings is 1. The highest BCUT2D eigenvalue weighted by molar-refractivity contribution is 7.99. The van der Waals surface area contributed by atoms with E-state index in [-0.39, 0.29) is 0 Å². The van der Waals surface area contributed by atoms with Gasteiger partial charge in [0, 0.05) is 22.2 Å². The Morgan fingerprint density at radius 3 is 3.00 bits per heavy atom. The lowest BCUT2D eigenvalue weighted by atomic mass is 10.3. The zero-order valence-corrected chi connectivity index (χ0v) is 10.8. The molecule has 1 aromatic heterocycles. The van der Waals surface area contributed by atoms with Gasteiger partial charge in [-0.3, -0.25) is 0 Å². The molecule has 0 saturated heterocycles. The quantitative estimate of drug-likeness (QED) is 0.815. The van der Waals surface area contributed by atoms with E-state index in [0.717, 1.165) is 17.3 Å². The summed E-state index contributed by atoms with van der Waals surface area (Å²) < 4.78 is 0. The van der Waals surface area contributed by atoms with Crippen molar-refractivity contribution >= 4 is 28.8 Å². The maximum atomic E-state index is 4.26. The Labute approximate surface area is 104 Å². The first kappa shape index (κ1) is 11.5. The normalized spacial score (nSPS) is 10.3. The van der Waals surface area contributed by atoms with Gasteiger partial charge < -0.3 is 5.32 Å². The largest absolute Gasteiger partial charge is 0.378 e. The van der Waals surface area contributed by atoms with Crippen molar-refractivity contribution in [3.8, 4) is 0 Å². The van der Waals surface area contributed by atoms with Crippen LogP contribution < -0.4 is 5.32 Å². The lowest BCUT2D eigenvalue weighted by Crippen LogP contribution is -1.99. The summed E-state index contributed by atoms with van der Waals surface area (Å²) in [6.45, 7) is 2.97. The molecule has 0 bridgehead atoms. The fourth-order valence-corrected chi connectivity index (χ4v) is 2.74. The van der Waals surface area contributed by atoms with E-state index in [0.29, 0.717) is 0 Å². The summed E-state index contributed by atoms with van der Waals surface area (Å²) in [5.74, 6) is 1.09. The standard InChI is InChI=1S/C12H14N2S2/c1-2-15-11-6-4-3-5-10(11)14-9-12-13-7-8-16-12/h3-8,14H,2,9H2,1H3. The van der Waals surface area contributed by atoms with Crippen LogP contribution in [0.1, 0.15) is 11.9 Å². The van der Waals surface area contributed by atoms with Crippen LogP contribution in [0.5, 0.6) is 0 Å². The Balaban J connectivity index is 2.03. The van der Waals surface area contributed by atoms with Crippen molar-refractivity contribution in [3.63, 3.8) is 0 Å². The Morgan fingerprint density at radius 1 is 1.38 bits per heavy atom. The molecule has 1 N–H and O–H groups in total. The van der Waals surface area contributed by atoms with Crippen molar-refractivity contribution < 1.29 is 0 Å². The van der Waals surface area contributed by atoms with Crippen LogP contribution in [0.15, 0.2) is 40.7 Å². The highest BCUT2D eigenvalue weighted by atomic mass is 32.2. The second-order valence-corrected chi connectivity index (χ2v) is 5.49. The highest BCUT2D eigenvalue weighted by Crippen LogP contribution is 2.27. The molecule has 4 heteroatoms. The number of benzene rings is 1. The zero-order chi connectivity index (χ0) is 11.2. The maximum absolute atomic E-state index is 4.26. The molecule has 0 aliphatic heterocycles. The maximum Gasteiger partial charge on any atom is 0.112 e. The van der Waals surface area contributed by atoms with E-state index in [1.807, 2.05) is 23.3 Å². The van der Waals surface area contributed by atoms with Crippen LogP contribution >= 0.6 is 23.1 Å². The van der Waals surface area contributed by atoms with Crippen molar-refractivity contribution in [2.45, 2.75) is 18.4 Å². The Morgan fingerprint density at radius 2 is 2.25 bits per heavy atom. The summed E-state index contributed by atoms with van der Waals surface area (Å²) >= 11 is 3.54. The molecule has 0 amide bonds. The van der Waals surface area contributed by atoms with E-state index in [1.165, 1.54) is 10.6 Å². The van der Waals surface area contributed by atoms with Gasteiger partial charge in [-0.2, -0.15) is 0 Å². The minimum absolute atomic E-state index is 0.805. The third kappa shape index (κ3) is 3.00. The molecule has 0 aliphatic rings. The number of anilines is 1. The van der Waals surface area contributed by atoms with Gasteiger partial charge in [-0.25, -0.2) is 4.98 Å². The SMILES string of the molecule is CCSc1ccccc1NCc1nccs1. The average Bonchev–Trinajstić information content (AvgIpc) is 2.81. The highest BCUT2D eigenvalue weighted by Gasteiger charge is 2.01. The fraction of sp³-hybridized carbons (Fsp3) is 0.250. The van der Waals surface area contributed by atoms with Crippen LogP contribution in [0.3, 0.4) is 0 Å². The average molecular weight is 250 g/mol. The first-order valence-electron chi connectivity index (χ1n) is 5.24. The van der Waals surface area contributed by atoms with E-state index in [1.54, 1.807) is 11.3 Å². The zero-order valence-electron chi connectivity index (χ0n) is 9.14. The molecule has 0 atom stereocenters. The number of hydrogen-bond donors (Lipinski definition) is 1. The van der Waals surface area contributed by atoms with Gasteiger partial charge in [-0.05, 0) is 17.9 Å². The molecule has 0 fully saturated rings. The number of aromatic nitrogens is 1. The number of para-hydroxylation sites is 1. The van der Waals surface area contributed by atoms with Crippen molar-refractivity contribution in [1.29, 1.82) is 0 Å². The van der Waals surface area contributed by atoms with Crippen molar-refractivity contribution in [2.75, 3.05) is 11.1 Å². The lowest BCUT2D eigenvalue weighted by molar-refractivity contribution is 1.09. The summed E-state index contributed by atoms with van der Waals surface area (Å²) in [6, 6.07) is 8.40. The van der Waals surface area contributed by atoms with Crippen LogP contribution in [-0.4, -0.2) is 10.7 Å². The number of nitrogens with one attached hydrogen (secondary N) is 1. The molecule has 16 heavy (non-hydrogen) atoms. The second kappa shape index (κ2) is 5.92. The van der Waals surface area contributed by atoms with Gasteiger partial charge in [-0.15, -0.1) is 23.1 Å². The van der Waals surface area contributed by atoms with Gasteiger partial charge in [-0.1, -0.05) is 19.1 Å². The molecule has 1 aromatic carbocycles. The Kier molecular flexibility index (Phi) is 4.25. The third-order valence-corrected chi connectivity index (χ3v) is 3.84. The first-order chi connectivity index (χ1) is 7.90. The monoisotopic (exact) mass is 250 g/mol. The van der Waals surface area contributed by atoms with Crippen LogP contribution in [0.25, 0.3) is 0 Å². The molecule has 84 valence electrons. The summed E-state index contributed by atoms with van der Waals surface area (Å²) in [5.41, 5.74) is 1.20. The topological polar surface area (TPSA) is 24.9 Å². The summed E-state index contributed by atoms with van der Waals surface area (Å²) in [5, 5.41) is 6.55. The molecule has 0 saturated carbocycles. The van der Waals surface area contributed by atoms with Crippen LogP contribution in [-0.2, 0) is 6.54 Å². The van der Waals surface area contributed by atoms with Gasteiger partial charge >= 0.3 is 0 Å². The van der Waals surface area contributed by atoms with Gasteiger partial charge in [0.25, 0.3) is 0 Å². The predicted octanol–water partition coefficient (Wildman–Crippen LogP) is 3.87. The third-order valence-electron chi connectivity index (χ3n) is 2.10.